The zero-order valence-corrected chi connectivity index (χ0v) is 13.8. The molecular formula is C17H26N2OS. The molecule has 1 heterocycles. The number of nitrogens with one attached hydrogen (secondary N) is 2. The topological polar surface area (TPSA) is 41.1 Å². The third kappa shape index (κ3) is 5.71. The number of piperidine rings is 1. The van der Waals surface area contributed by atoms with Crippen LogP contribution in [-0.4, -0.2) is 24.2 Å². The van der Waals surface area contributed by atoms with Gasteiger partial charge in [-0.05, 0) is 50.4 Å². The molecule has 3 nitrogen and oxygen atoms in total. The van der Waals surface area contributed by atoms with Crippen molar-refractivity contribution in [1.82, 2.24) is 5.32 Å². The quantitative estimate of drug-likeness (QED) is 0.783. The first kappa shape index (κ1) is 16.4. The summed E-state index contributed by atoms with van der Waals surface area (Å²) in [5.74, 6) is 0.850. The lowest BCUT2D eigenvalue weighted by Crippen LogP contribution is -2.28. The van der Waals surface area contributed by atoms with Gasteiger partial charge in [0.25, 0.3) is 0 Å². The van der Waals surface area contributed by atoms with Crippen LogP contribution in [0, 0.1) is 5.92 Å². The van der Waals surface area contributed by atoms with Crippen molar-refractivity contribution in [2.24, 2.45) is 5.92 Å². The second kappa shape index (κ2) is 8.44. The predicted octanol–water partition coefficient (Wildman–Crippen LogP) is 3.91. The first-order chi connectivity index (χ1) is 10.1. The molecule has 21 heavy (non-hydrogen) atoms. The lowest BCUT2D eigenvalue weighted by Gasteiger charge is -2.22. The van der Waals surface area contributed by atoms with Crippen molar-refractivity contribution in [2.45, 2.75) is 49.7 Å². The van der Waals surface area contributed by atoms with Crippen LogP contribution in [0.1, 0.15) is 39.5 Å². The molecule has 0 unspecified atom stereocenters. The Balaban J connectivity index is 1.84. The van der Waals surface area contributed by atoms with E-state index in [2.05, 4.69) is 30.5 Å². The van der Waals surface area contributed by atoms with Gasteiger partial charge in [0.2, 0.25) is 5.91 Å². The Hall–Kier alpha value is -1.00. The predicted molar refractivity (Wildman–Crippen MR) is 90.9 cm³/mol. The third-order valence-electron chi connectivity index (χ3n) is 3.76. The van der Waals surface area contributed by atoms with Crippen LogP contribution in [0.2, 0.25) is 0 Å². The van der Waals surface area contributed by atoms with E-state index in [1.807, 2.05) is 18.2 Å². The second-order valence-electron chi connectivity index (χ2n) is 5.94. The van der Waals surface area contributed by atoms with Crippen LogP contribution >= 0.6 is 11.8 Å². The third-order valence-corrected chi connectivity index (χ3v) is 4.84. The number of para-hydroxylation sites is 1. The Morgan fingerprint density at radius 2 is 2.05 bits per heavy atom. The van der Waals surface area contributed by atoms with E-state index < -0.39 is 0 Å². The van der Waals surface area contributed by atoms with Crippen LogP contribution in [0.3, 0.4) is 0 Å². The minimum Gasteiger partial charge on any atom is -0.325 e. The molecule has 1 aromatic rings. The number of benzene rings is 1. The molecule has 1 saturated heterocycles. The number of thioether (sulfide) groups is 1. The smallest absolute Gasteiger partial charge is 0.224 e. The molecular weight excluding hydrogens is 280 g/mol. The average molecular weight is 306 g/mol. The van der Waals surface area contributed by atoms with E-state index in [1.165, 1.54) is 12.8 Å². The number of hydrogen-bond acceptors (Lipinski definition) is 3. The van der Waals surface area contributed by atoms with E-state index in [0.717, 1.165) is 30.1 Å². The van der Waals surface area contributed by atoms with Gasteiger partial charge in [-0.2, -0.15) is 0 Å². The second-order valence-corrected chi connectivity index (χ2v) is 7.56. The van der Waals surface area contributed by atoms with Gasteiger partial charge in [-0.25, -0.2) is 0 Å². The van der Waals surface area contributed by atoms with Crippen molar-refractivity contribution in [2.75, 3.05) is 18.4 Å². The maximum absolute atomic E-state index is 12.2. The van der Waals surface area contributed by atoms with Gasteiger partial charge in [-0.1, -0.05) is 26.0 Å². The molecule has 0 aliphatic carbocycles. The van der Waals surface area contributed by atoms with Crippen LogP contribution in [0.15, 0.2) is 29.2 Å². The lowest BCUT2D eigenvalue weighted by atomic mass is 9.93. The van der Waals surface area contributed by atoms with Crippen LogP contribution < -0.4 is 10.6 Å². The summed E-state index contributed by atoms with van der Waals surface area (Å²) in [6.07, 6.45) is 4.04. The summed E-state index contributed by atoms with van der Waals surface area (Å²) in [5.41, 5.74) is 0.950. The Morgan fingerprint density at radius 3 is 2.76 bits per heavy atom. The van der Waals surface area contributed by atoms with Crippen LogP contribution in [0.4, 0.5) is 5.69 Å². The molecule has 1 aliphatic heterocycles. The molecule has 1 amide bonds. The highest BCUT2D eigenvalue weighted by atomic mass is 32.2. The van der Waals surface area contributed by atoms with Gasteiger partial charge in [-0.15, -0.1) is 11.8 Å². The Morgan fingerprint density at radius 1 is 1.33 bits per heavy atom. The average Bonchev–Trinajstić information content (AvgIpc) is 2.48. The summed E-state index contributed by atoms with van der Waals surface area (Å²) in [4.78, 5) is 13.3. The largest absolute Gasteiger partial charge is 0.325 e. The molecule has 0 atom stereocenters. The highest BCUT2D eigenvalue weighted by Gasteiger charge is 2.15. The van der Waals surface area contributed by atoms with E-state index in [9.17, 15) is 4.79 Å². The molecule has 116 valence electrons. The van der Waals surface area contributed by atoms with Gasteiger partial charge in [0.1, 0.15) is 0 Å². The summed E-state index contributed by atoms with van der Waals surface area (Å²) in [5, 5.41) is 6.96. The minimum atomic E-state index is 0.144. The van der Waals surface area contributed by atoms with Gasteiger partial charge in [-0.3, -0.25) is 4.79 Å². The first-order valence-corrected chi connectivity index (χ1v) is 8.79. The number of rotatable bonds is 6. The van der Waals surface area contributed by atoms with Gasteiger partial charge in [0.15, 0.2) is 0 Å². The van der Waals surface area contributed by atoms with Crippen molar-refractivity contribution in [1.29, 1.82) is 0 Å². The first-order valence-electron chi connectivity index (χ1n) is 7.91. The van der Waals surface area contributed by atoms with E-state index in [4.69, 9.17) is 0 Å². The normalized spacial score (nSPS) is 16.1. The SMILES string of the molecule is CC(C)Sc1ccccc1NC(=O)CCC1CCNCC1. The molecule has 2 N–H and O–H groups in total. The molecule has 0 spiro atoms. The number of carbonyl (C=O) groups is 1. The summed E-state index contributed by atoms with van der Waals surface area (Å²) in [7, 11) is 0. The molecule has 0 radical (unpaired) electrons. The summed E-state index contributed by atoms with van der Waals surface area (Å²) >= 11 is 1.79. The van der Waals surface area contributed by atoms with Crippen molar-refractivity contribution < 1.29 is 4.79 Å². The van der Waals surface area contributed by atoms with Crippen molar-refractivity contribution in [3.8, 4) is 0 Å². The molecule has 1 fully saturated rings. The molecule has 1 aliphatic rings. The van der Waals surface area contributed by atoms with Crippen LogP contribution in [0.5, 0.6) is 0 Å². The molecule has 0 aromatic heterocycles. The number of carbonyl (C=O) groups excluding carboxylic acids is 1. The molecule has 1 aromatic carbocycles. The fourth-order valence-corrected chi connectivity index (χ4v) is 3.56. The van der Waals surface area contributed by atoms with Gasteiger partial charge in [0, 0.05) is 16.6 Å². The Kier molecular flexibility index (Phi) is 6.58. The molecule has 0 bridgehead atoms. The van der Waals surface area contributed by atoms with Gasteiger partial charge >= 0.3 is 0 Å². The maximum Gasteiger partial charge on any atom is 0.224 e. The van der Waals surface area contributed by atoms with E-state index >= 15 is 0 Å². The van der Waals surface area contributed by atoms with Crippen molar-refractivity contribution >= 4 is 23.4 Å². The summed E-state index contributed by atoms with van der Waals surface area (Å²) in [6, 6.07) is 8.07. The monoisotopic (exact) mass is 306 g/mol. The number of hydrogen-bond donors (Lipinski definition) is 2. The zero-order valence-electron chi connectivity index (χ0n) is 13.0. The number of anilines is 1. The van der Waals surface area contributed by atoms with E-state index in [0.29, 0.717) is 17.6 Å². The minimum absolute atomic E-state index is 0.144. The number of amides is 1. The van der Waals surface area contributed by atoms with Gasteiger partial charge in [0.05, 0.1) is 5.69 Å². The van der Waals surface area contributed by atoms with Crippen LogP contribution in [-0.2, 0) is 4.79 Å². The molecule has 0 saturated carbocycles. The van der Waals surface area contributed by atoms with Crippen LogP contribution in [0.25, 0.3) is 0 Å². The summed E-state index contributed by atoms with van der Waals surface area (Å²) in [6.45, 7) is 6.53. The van der Waals surface area contributed by atoms with Crippen molar-refractivity contribution in [3.63, 3.8) is 0 Å². The highest BCUT2D eigenvalue weighted by molar-refractivity contribution is 8.00. The fraction of sp³-hybridized carbons (Fsp3) is 0.588. The van der Waals surface area contributed by atoms with Crippen molar-refractivity contribution in [3.05, 3.63) is 24.3 Å². The highest BCUT2D eigenvalue weighted by Crippen LogP contribution is 2.30. The van der Waals surface area contributed by atoms with E-state index in [-0.39, 0.29) is 5.91 Å². The Bertz CT molecular complexity index is 456. The molecule has 2 rings (SSSR count). The fourth-order valence-electron chi connectivity index (χ4n) is 2.64. The summed E-state index contributed by atoms with van der Waals surface area (Å²) < 4.78 is 0. The zero-order chi connectivity index (χ0) is 15.1. The standard InChI is InChI=1S/C17H26N2OS/c1-13(2)21-16-6-4-3-5-15(16)19-17(20)8-7-14-9-11-18-12-10-14/h3-6,13-14,18H,7-12H2,1-2H3,(H,19,20). The van der Waals surface area contributed by atoms with E-state index in [1.54, 1.807) is 11.8 Å². The Labute approximate surface area is 132 Å². The van der Waals surface area contributed by atoms with Gasteiger partial charge < -0.3 is 10.6 Å². The maximum atomic E-state index is 12.2. The lowest BCUT2D eigenvalue weighted by molar-refractivity contribution is -0.116. The molecule has 4 heteroatoms.